The maximum Gasteiger partial charge on any atom is 0.0505 e. The molecule has 4 aliphatic carbocycles. The fraction of sp³-hybridized carbons (Fsp3) is 0.857. The lowest BCUT2D eigenvalue weighted by atomic mass is 9.51. The summed E-state index contributed by atoms with van der Waals surface area (Å²) in [6.07, 6.45) is 14.1. The summed E-state index contributed by atoms with van der Waals surface area (Å²) in [5.41, 5.74) is 3.99. The summed E-state index contributed by atoms with van der Waals surface area (Å²) in [6, 6.07) is 1.10. The number of aliphatic hydroxyl groups is 1. The van der Waals surface area contributed by atoms with Gasteiger partial charge < -0.3 is 14.9 Å². The number of rotatable bonds is 4. The molecule has 0 aliphatic heterocycles. The van der Waals surface area contributed by atoms with Gasteiger partial charge in [-0.1, -0.05) is 38.5 Å². The normalized spacial score (nSPS) is 46.0. The number of fused-ring (bicyclic) bond motifs is 4. The van der Waals surface area contributed by atoms with Gasteiger partial charge in [0, 0.05) is 17.5 Å². The molecule has 0 bridgehead atoms. The van der Waals surface area contributed by atoms with Crippen molar-refractivity contribution < 1.29 is 5.11 Å². The molecular formula is C28H48N2O. The fourth-order valence-corrected chi connectivity index (χ4v) is 8.82. The summed E-state index contributed by atoms with van der Waals surface area (Å²) in [5, 5.41) is 10.6. The largest absolute Gasteiger partial charge is 0.396 e. The maximum absolute atomic E-state index is 10.6. The average Bonchev–Trinajstić information content (AvgIpc) is 2.86. The van der Waals surface area contributed by atoms with Crippen LogP contribution in [0.25, 0.3) is 0 Å². The maximum atomic E-state index is 10.6. The lowest BCUT2D eigenvalue weighted by Crippen LogP contribution is -2.52. The highest BCUT2D eigenvalue weighted by atomic mass is 16.3. The molecule has 0 radical (unpaired) electrons. The second-order valence-corrected chi connectivity index (χ2v) is 12.7. The molecule has 176 valence electrons. The zero-order valence-corrected chi connectivity index (χ0v) is 21.5. The van der Waals surface area contributed by atoms with Crippen molar-refractivity contribution in [2.24, 2.45) is 34.0 Å². The third kappa shape index (κ3) is 3.32. The van der Waals surface area contributed by atoms with E-state index < -0.39 is 0 Å². The Balaban J connectivity index is 1.68. The summed E-state index contributed by atoms with van der Waals surface area (Å²) in [4.78, 5) is 4.81. The molecule has 8 atom stereocenters. The molecule has 3 nitrogen and oxygen atoms in total. The summed E-state index contributed by atoms with van der Waals surface area (Å²) in [7, 11) is 8.91. The van der Waals surface area contributed by atoms with Crippen molar-refractivity contribution in [3.8, 4) is 0 Å². The van der Waals surface area contributed by atoms with Gasteiger partial charge in [0.15, 0.2) is 0 Å². The monoisotopic (exact) mass is 428 g/mol. The van der Waals surface area contributed by atoms with E-state index in [4.69, 9.17) is 0 Å². The molecule has 2 saturated carbocycles. The number of allylic oxidation sites excluding steroid dienone is 4. The third-order valence-corrected chi connectivity index (χ3v) is 11.2. The van der Waals surface area contributed by atoms with E-state index in [0.29, 0.717) is 41.4 Å². The van der Waals surface area contributed by atoms with E-state index in [-0.39, 0.29) is 5.41 Å². The van der Waals surface area contributed by atoms with Crippen molar-refractivity contribution in [3.63, 3.8) is 0 Å². The van der Waals surface area contributed by atoms with Crippen molar-refractivity contribution in [2.75, 3.05) is 34.8 Å². The van der Waals surface area contributed by atoms with Crippen LogP contribution in [-0.2, 0) is 0 Å². The predicted molar refractivity (Wildman–Crippen MR) is 131 cm³/mol. The molecule has 3 heteroatoms. The van der Waals surface area contributed by atoms with E-state index in [9.17, 15) is 5.11 Å². The number of aliphatic hydroxyl groups excluding tert-OH is 1. The zero-order chi connectivity index (χ0) is 22.8. The first-order valence-corrected chi connectivity index (χ1v) is 12.8. The van der Waals surface area contributed by atoms with Crippen molar-refractivity contribution >= 4 is 0 Å². The second kappa shape index (κ2) is 7.99. The SMILES string of the molecule is C[C@@H]([C@H]1CC[C@@]2(C)[C@@H]3CC[C@@H]4C(=CC3=CC[C@]12C)CC[C@H](N(C)C)[C@@]4(C)CO)N(C)C. The van der Waals surface area contributed by atoms with E-state index in [0.717, 1.165) is 5.92 Å². The second-order valence-electron chi connectivity index (χ2n) is 12.7. The van der Waals surface area contributed by atoms with Crippen molar-refractivity contribution in [2.45, 2.75) is 84.7 Å². The zero-order valence-electron chi connectivity index (χ0n) is 21.5. The van der Waals surface area contributed by atoms with Gasteiger partial charge in [0.1, 0.15) is 0 Å². The van der Waals surface area contributed by atoms with Crippen LogP contribution < -0.4 is 0 Å². The third-order valence-electron chi connectivity index (χ3n) is 11.2. The van der Waals surface area contributed by atoms with E-state index in [1.54, 1.807) is 11.1 Å². The van der Waals surface area contributed by atoms with Crippen molar-refractivity contribution in [3.05, 3.63) is 23.3 Å². The van der Waals surface area contributed by atoms with E-state index in [2.05, 4.69) is 77.8 Å². The Morgan fingerprint density at radius 1 is 1.00 bits per heavy atom. The first kappa shape index (κ1) is 23.5. The van der Waals surface area contributed by atoms with Crippen molar-refractivity contribution in [1.29, 1.82) is 0 Å². The number of nitrogens with zero attached hydrogens (tertiary/aromatic N) is 2. The Bertz CT molecular complexity index is 754. The molecule has 0 aromatic heterocycles. The van der Waals surface area contributed by atoms with Crippen LogP contribution >= 0.6 is 0 Å². The highest BCUT2D eigenvalue weighted by molar-refractivity contribution is 5.37. The Hall–Kier alpha value is -0.640. The Morgan fingerprint density at radius 2 is 1.68 bits per heavy atom. The Labute approximate surface area is 192 Å². The minimum atomic E-state index is -0.0382. The van der Waals surface area contributed by atoms with Crippen LogP contribution in [0.5, 0.6) is 0 Å². The average molecular weight is 429 g/mol. The topological polar surface area (TPSA) is 26.7 Å². The molecule has 1 N–H and O–H groups in total. The first-order chi connectivity index (χ1) is 14.5. The standard InChI is InChI=1S/C28H48N2O/c1-19(29(5)6)22-14-16-28(4)24-11-10-23-20(17-21(24)13-15-27(22,28)3)9-12-25(30(7)8)26(23,2)18-31/h13,17,19,22-25,31H,9-12,14-16,18H2,1-8H3/t19-,22+,23+,24+,25-,26-,27+,28-/m0/s1. The first-order valence-electron chi connectivity index (χ1n) is 12.8. The van der Waals surface area contributed by atoms with Gasteiger partial charge in [-0.05, 0) is 114 Å². The Morgan fingerprint density at radius 3 is 2.29 bits per heavy atom. The fourth-order valence-electron chi connectivity index (χ4n) is 8.82. The summed E-state index contributed by atoms with van der Waals surface area (Å²) in [6.45, 7) is 10.3. The van der Waals surface area contributed by atoms with Crippen LogP contribution in [0, 0.1) is 34.0 Å². The molecule has 0 spiro atoms. The highest BCUT2D eigenvalue weighted by Gasteiger charge is 2.61. The minimum absolute atomic E-state index is 0.0382. The van der Waals surface area contributed by atoms with Crippen LogP contribution in [0.1, 0.15) is 72.6 Å². The summed E-state index contributed by atoms with van der Waals surface area (Å²) >= 11 is 0. The minimum Gasteiger partial charge on any atom is -0.396 e. The van der Waals surface area contributed by atoms with Crippen LogP contribution in [0.2, 0.25) is 0 Å². The van der Waals surface area contributed by atoms with Crippen molar-refractivity contribution in [1.82, 2.24) is 9.80 Å². The molecular weight excluding hydrogens is 380 g/mol. The van der Waals surface area contributed by atoms with Crippen LogP contribution in [0.4, 0.5) is 0 Å². The molecule has 4 rings (SSSR count). The van der Waals surface area contributed by atoms with Crippen LogP contribution in [-0.4, -0.2) is 61.8 Å². The van der Waals surface area contributed by atoms with Gasteiger partial charge in [-0.3, -0.25) is 0 Å². The van der Waals surface area contributed by atoms with Gasteiger partial charge in [-0.25, -0.2) is 0 Å². The van der Waals surface area contributed by atoms with Crippen LogP contribution in [0.3, 0.4) is 0 Å². The van der Waals surface area contributed by atoms with E-state index in [1.165, 1.54) is 44.9 Å². The summed E-state index contributed by atoms with van der Waals surface area (Å²) in [5.74, 6) is 1.95. The van der Waals surface area contributed by atoms with Gasteiger partial charge >= 0.3 is 0 Å². The molecule has 0 heterocycles. The quantitative estimate of drug-likeness (QED) is 0.652. The lowest BCUT2D eigenvalue weighted by molar-refractivity contribution is -0.0247. The molecule has 2 fully saturated rings. The number of hydrogen-bond donors (Lipinski definition) is 1. The van der Waals surface area contributed by atoms with Gasteiger partial charge in [-0.15, -0.1) is 0 Å². The molecule has 0 aromatic carbocycles. The van der Waals surface area contributed by atoms with Crippen LogP contribution in [0.15, 0.2) is 23.3 Å². The van der Waals surface area contributed by atoms with Gasteiger partial charge in [0.25, 0.3) is 0 Å². The molecule has 0 unspecified atom stereocenters. The molecule has 0 saturated heterocycles. The smallest absolute Gasteiger partial charge is 0.0505 e. The molecule has 31 heavy (non-hydrogen) atoms. The predicted octanol–water partition coefficient (Wildman–Crippen LogP) is 5.36. The molecule has 4 aliphatic rings. The molecule has 0 amide bonds. The number of hydrogen-bond acceptors (Lipinski definition) is 3. The lowest BCUT2D eigenvalue weighted by Gasteiger charge is -2.54. The highest BCUT2D eigenvalue weighted by Crippen LogP contribution is 2.68. The van der Waals surface area contributed by atoms with Gasteiger partial charge in [0.05, 0.1) is 6.61 Å². The van der Waals surface area contributed by atoms with Gasteiger partial charge in [0.2, 0.25) is 0 Å². The van der Waals surface area contributed by atoms with E-state index in [1.807, 2.05) is 0 Å². The summed E-state index contributed by atoms with van der Waals surface area (Å²) < 4.78 is 0. The van der Waals surface area contributed by atoms with Gasteiger partial charge in [-0.2, -0.15) is 0 Å². The molecule has 0 aromatic rings. The Kier molecular flexibility index (Phi) is 6.06. The van der Waals surface area contributed by atoms with E-state index >= 15 is 0 Å².